The van der Waals surface area contributed by atoms with Gasteiger partial charge in [0.1, 0.15) is 17.9 Å². The Morgan fingerprint density at radius 2 is 1.82 bits per heavy atom. The number of nitrogens with zero attached hydrogens (tertiary/aromatic N) is 3. The average Bonchev–Trinajstić information content (AvgIpc) is 3.63. The third-order valence-corrected chi connectivity index (χ3v) is 8.64. The summed E-state index contributed by atoms with van der Waals surface area (Å²) in [6.07, 6.45) is 1.17. The molecule has 0 radical (unpaired) electrons. The number of rotatable bonds is 5. The van der Waals surface area contributed by atoms with Crippen LogP contribution in [0.3, 0.4) is 0 Å². The second-order valence-corrected chi connectivity index (χ2v) is 12.1. The fourth-order valence-corrected chi connectivity index (χ4v) is 6.37. The first-order valence-electron chi connectivity index (χ1n) is 13.7. The number of nitrogens with one attached hydrogen (secondary N) is 1. The van der Waals surface area contributed by atoms with Gasteiger partial charge in [0.25, 0.3) is 0 Å². The number of benzene rings is 2. The van der Waals surface area contributed by atoms with E-state index in [4.69, 9.17) is 0 Å². The Balaban J connectivity index is 1.38. The molecular formula is C31H33FN4O4. The standard InChI is InChI=1S/C31H33FN4O4/c1-30(2,3)23(15-26(37)19-10-12-20(32)13-11-19)27(38)35-14-6-9-25(35)28(39)36-18-31(16-21(36)17-33)22-7-4-5-8-24(22)34-29(31)40/h4-5,7-8,10-13,21,23,25H,6,9,14-16,18H2,1-3H3,(H,34,40)/t21-,23?,25-,31-/m0/s1. The van der Waals surface area contributed by atoms with Crippen molar-refractivity contribution in [1.82, 2.24) is 9.80 Å². The lowest BCUT2D eigenvalue weighted by Crippen LogP contribution is -2.52. The van der Waals surface area contributed by atoms with Gasteiger partial charge in [-0.3, -0.25) is 19.2 Å². The highest BCUT2D eigenvalue weighted by molar-refractivity contribution is 6.07. The number of Topliss-reactive ketones (excluding diaryl/α,β-unsaturated/α-hetero) is 1. The first kappa shape index (κ1) is 27.5. The summed E-state index contributed by atoms with van der Waals surface area (Å²) in [7, 11) is 0. The molecule has 0 aliphatic carbocycles. The van der Waals surface area contributed by atoms with Crippen molar-refractivity contribution in [2.24, 2.45) is 11.3 Å². The van der Waals surface area contributed by atoms with E-state index >= 15 is 0 Å². The molecule has 2 saturated heterocycles. The molecule has 8 nitrogen and oxygen atoms in total. The van der Waals surface area contributed by atoms with E-state index in [1.807, 2.05) is 45.0 Å². The summed E-state index contributed by atoms with van der Waals surface area (Å²) in [4.78, 5) is 57.2. The molecule has 0 bridgehead atoms. The molecule has 2 aromatic carbocycles. The van der Waals surface area contributed by atoms with Crippen LogP contribution in [0.2, 0.25) is 0 Å². The number of amides is 3. The van der Waals surface area contributed by atoms with Crippen molar-refractivity contribution in [2.75, 3.05) is 18.4 Å². The second kappa shape index (κ2) is 10.2. The highest BCUT2D eigenvalue weighted by Crippen LogP contribution is 2.47. The maximum absolute atomic E-state index is 14.0. The predicted molar refractivity (Wildman–Crippen MR) is 146 cm³/mol. The number of hydrogen-bond acceptors (Lipinski definition) is 5. The number of anilines is 1. The molecule has 5 rings (SSSR count). The third-order valence-electron chi connectivity index (χ3n) is 8.64. The molecule has 1 spiro atoms. The number of hydrogen-bond donors (Lipinski definition) is 1. The van der Waals surface area contributed by atoms with Gasteiger partial charge in [-0.1, -0.05) is 39.0 Å². The van der Waals surface area contributed by atoms with Gasteiger partial charge in [0, 0.05) is 37.2 Å². The van der Waals surface area contributed by atoms with Crippen LogP contribution in [0.15, 0.2) is 48.5 Å². The maximum atomic E-state index is 14.0. The summed E-state index contributed by atoms with van der Waals surface area (Å²) in [6, 6.07) is 13.2. The van der Waals surface area contributed by atoms with Crippen molar-refractivity contribution in [2.45, 2.75) is 64.0 Å². The largest absolute Gasteiger partial charge is 0.330 e. The van der Waals surface area contributed by atoms with Crippen molar-refractivity contribution in [3.05, 3.63) is 65.5 Å². The van der Waals surface area contributed by atoms with E-state index in [0.717, 1.165) is 5.56 Å². The maximum Gasteiger partial charge on any atom is 0.246 e. The van der Waals surface area contributed by atoms with E-state index in [1.165, 1.54) is 29.2 Å². The minimum atomic E-state index is -1.00. The molecular weight excluding hydrogens is 511 g/mol. The molecule has 2 fully saturated rings. The molecule has 9 heteroatoms. The number of nitriles is 1. The fraction of sp³-hybridized carbons (Fsp3) is 0.452. The molecule has 3 heterocycles. The van der Waals surface area contributed by atoms with E-state index in [-0.39, 0.29) is 42.9 Å². The Morgan fingerprint density at radius 1 is 1.12 bits per heavy atom. The fourth-order valence-electron chi connectivity index (χ4n) is 6.37. The number of carbonyl (C=O) groups excluding carboxylic acids is 4. The van der Waals surface area contributed by atoms with Gasteiger partial charge in [-0.05, 0) is 54.2 Å². The van der Waals surface area contributed by atoms with Crippen LogP contribution in [0.5, 0.6) is 0 Å². The van der Waals surface area contributed by atoms with Crippen molar-refractivity contribution in [1.29, 1.82) is 5.26 Å². The minimum Gasteiger partial charge on any atom is -0.330 e. The van der Waals surface area contributed by atoms with Crippen LogP contribution >= 0.6 is 0 Å². The summed E-state index contributed by atoms with van der Waals surface area (Å²) < 4.78 is 13.4. The van der Waals surface area contributed by atoms with Gasteiger partial charge in [0.15, 0.2) is 5.78 Å². The minimum absolute atomic E-state index is 0.0667. The monoisotopic (exact) mass is 544 g/mol. The zero-order chi connectivity index (χ0) is 28.8. The van der Waals surface area contributed by atoms with E-state index in [1.54, 1.807) is 4.90 Å². The third kappa shape index (κ3) is 4.66. The number of fused-ring (bicyclic) bond motifs is 2. The highest BCUT2D eigenvalue weighted by atomic mass is 19.1. The molecule has 1 N–H and O–H groups in total. The Hall–Kier alpha value is -4.06. The van der Waals surface area contributed by atoms with Gasteiger partial charge < -0.3 is 15.1 Å². The molecule has 2 aromatic rings. The molecule has 208 valence electrons. The topological polar surface area (TPSA) is 111 Å². The molecule has 3 aliphatic heterocycles. The lowest BCUT2D eigenvalue weighted by molar-refractivity contribution is -0.148. The van der Waals surface area contributed by atoms with Crippen LogP contribution in [-0.4, -0.2) is 58.5 Å². The summed E-state index contributed by atoms with van der Waals surface area (Å²) in [5.41, 5.74) is 0.209. The quantitative estimate of drug-likeness (QED) is 0.571. The van der Waals surface area contributed by atoms with Gasteiger partial charge >= 0.3 is 0 Å². The second-order valence-electron chi connectivity index (χ2n) is 12.1. The van der Waals surface area contributed by atoms with Crippen molar-refractivity contribution >= 4 is 29.2 Å². The number of ketones is 1. The summed E-state index contributed by atoms with van der Waals surface area (Å²) in [6.45, 7) is 6.08. The Kier molecular flexibility index (Phi) is 6.99. The molecule has 0 aromatic heterocycles. The first-order chi connectivity index (χ1) is 19.0. The molecule has 0 saturated carbocycles. The number of para-hydroxylation sites is 1. The average molecular weight is 545 g/mol. The normalized spacial score (nSPS) is 24.5. The Bertz CT molecular complexity index is 1410. The Labute approximate surface area is 233 Å². The van der Waals surface area contributed by atoms with Gasteiger partial charge in [0.05, 0.1) is 17.4 Å². The van der Waals surface area contributed by atoms with E-state index in [9.17, 15) is 28.8 Å². The SMILES string of the molecule is CC(C)(C)C(CC(=O)c1ccc(F)cc1)C(=O)N1CCC[C@H]1C(=O)N1C[C@]2(C[C@H]1C#N)C(=O)Nc1ccccc12. The van der Waals surface area contributed by atoms with Crippen LogP contribution in [0.4, 0.5) is 10.1 Å². The van der Waals surface area contributed by atoms with Crippen LogP contribution in [-0.2, 0) is 19.8 Å². The van der Waals surface area contributed by atoms with Gasteiger partial charge in [-0.25, -0.2) is 4.39 Å². The number of halogens is 1. The molecule has 40 heavy (non-hydrogen) atoms. The summed E-state index contributed by atoms with van der Waals surface area (Å²) >= 11 is 0. The highest BCUT2D eigenvalue weighted by Gasteiger charge is 2.57. The van der Waals surface area contributed by atoms with Crippen LogP contribution in [0.25, 0.3) is 0 Å². The van der Waals surface area contributed by atoms with Gasteiger partial charge in [-0.15, -0.1) is 0 Å². The summed E-state index contributed by atoms with van der Waals surface area (Å²) in [5, 5.41) is 12.9. The lowest BCUT2D eigenvalue weighted by atomic mass is 9.76. The zero-order valence-corrected chi connectivity index (χ0v) is 22.9. The molecule has 3 aliphatic rings. The number of likely N-dealkylation sites (tertiary alicyclic amines) is 2. The van der Waals surface area contributed by atoms with E-state index in [0.29, 0.717) is 30.6 Å². The van der Waals surface area contributed by atoms with Crippen LogP contribution in [0, 0.1) is 28.5 Å². The van der Waals surface area contributed by atoms with Gasteiger partial charge in [0.2, 0.25) is 17.7 Å². The molecule has 3 amide bonds. The summed E-state index contributed by atoms with van der Waals surface area (Å²) in [5.74, 6) is -2.28. The molecule has 1 unspecified atom stereocenters. The van der Waals surface area contributed by atoms with Gasteiger partial charge in [-0.2, -0.15) is 5.26 Å². The lowest BCUT2D eigenvalue weighted by Gasteiger charge is -2.36. The zero-order valence-electron chi connectivity index (χ0n) is 22.9. The smallest absolute Gasteiger partial charge is 0.246 e. The van der Waals surface area contributed by atoms with Crippen molar-refractivity contribution in [3.8, 4) is 6.07 Å². The molecule has 4 atom stereocenters. The van der Waals surface area contributed by atoms with E-state index < -0.39 is 34.6 Å². The van der Waals surface area contributed by atoms with Crippen LogP contribution < -0.4 is 5.32 Å². The van der Waals surface area contributed by atoms with Crippen molar-refractivity contribution < 1.29 is 23.6 Å². The van der Waals surface area contributed by atoms with Crippen molar-refractivity contribution in [3.63, 3.8) is 0 Å². The first-order valence-corrected chi connectivity index (χ1v) is 13.7. The van der Waals surface area contributed by atoms with Crippen LogP contribution in [0.1, 0.15) is 62.4 Å². The number of carbonyl (C=O) groups is 4. The predicted octanol–water partition coefficient (Wildman–Crippen LogP) is 4.07. The van der Waals surface area contributed by atoms with E-state index in [2.05, 4.69) is 11.4 Å². The Morgan fingerprint density at radius 3 is 2.50 bits per heavy atom.